The van der Waals surface area contributed by atoms with Crippen LogP contribution in [0.2, 0.25) is 0 Å². The summed E-state index contributed by atoms with van der Waals surface area (Å²) in [7, 11) is 0. The van der Waals surface area contributed by atoms with Crippen LogP contribution < -0.4 is 5.32 Å². The number of rotatable bonds is 5. The highest BCUT2D eigenvalue weighted by Gasteiger charge is 2.33. The van der Waals surface area contributed by atoms with Crippen LogP contribution in [0.15, 0.2) is 55.1 Å². The molecule has 0 aliphatic carbocycles. The molecule has 0 bridgehead atoms. The number of benzene rings is 1. The van der Waals surface area contributed by atoms with E-state index in [1.165, 1.54) is 4.90 Å². The summed E-state index contributed by atoms with van der Waals surface area (Å²) in [5.74, 6) is -0.904. The Morgan fingerprint density at radius 2 is 1.85 bits per heavy atom. The van der Waals surface area contributed by atoms with Gasteiger partial charge in [0, 0.05) is 35.2 Å². The Labute approximate surface area is 157 Å². The minimum Gasteiger partial charge on any atom is -0.340 e. The Kier molecular flexibility index (Phi) is 4.86. The maximum Gasteiger partial charge on any atom is 0.265 e. The Morgan fingerprint density at radius 3 is 2.54 bits per heavy atom. The second-order valence-electron chi connectivity index (χ2n) is 5.94. The van der Waals surface area contributed by atoms with Crippen molar-refractivity contribution in [1.82, 2.24) is 14.8 Å². The second kappa shape index (κ2) is 7.09. The SMILES string of the molecule is C=CCN1C(=O)/C(=C/c2c(C)n(CC=C)c3ccccc23)C(=O)NC1=S. The average molecular weight is 365 g/mol. The summed E-state index contributed by atoms with van der Waals surface area (Å²) < 4.78 is 2.10. The predicted octanol–water partition coefficient (Wildman–Crippen LogP) is 2.95. The number of para-hydroxylation sites is 1. The molecule has 1 aliphatic heterocycles. The molecule has 132 valence electrons. The fraction of sp³-hybridized carbons (Fsp3) is 0.150. The van der Waals surface area contributed by atoms with Gasteiger partial charge >= 0.3 is 0 Å². The molecule has 1 fully saturated rings. The van der Waals surface area contributed by atoms with Gasteiger partial charge in [-0.15, -0.1) is 13.2 Å². The molecule has 6 heteroatoms. The first-order chi connectivity index (χ1) is 12.5. The van der Waals surface area contributed by atoms with Crippen molar-refractivity contribution in [3.8, 4) is 0 Å². The number of hydrogen-bond acceptors (Lipinski definition) is 3. The molecular weight excluding hydrogens is 346 g/mol. The molecule has 1 saturated heterocycles. The van der Waals surface area contributed by atoms with E-state index in [2.05, 4.69) is 23.0 Å². The highest BCUT2D eigenvalue weighted by Crippen LogP contribution is 2.29. The third-order valence-corrected chi connectivity index (χ3v) is 4.70. The smallest absolute Gasteiger partial charge is 0.265 e. The van der Waals surface area contributed by atoms with Crippen molar-refractivity contribution >= 4 is 46.1 Å². The lowest BCUT2D eigenvalue weighted by Gasteiger charge is -2.27. The average Bonchev–Trinajstić information content (AvgIpc) is 2.88. The van der Waals surface area contributed by atoms with Crippen molar-refractivity contribution in [2.75, 3.05) is 6.54 Å². The highest BCUT2D eigenvalue weighted by atomic mass is 32.1. The van der Waals surface area contributed by atoms with Crippen molar-refractivity contribution < 1.29 is 9.59 Å². The lowest BCUT2D eigenvalue weighted by atomic mass is 10.0. The van der Waals surface area contributed by atoms with E-state index < -0.39 is 11.8 Å². The van der Waals surface area contributed by atoms with E-state index in [4.69, 9.17) is 12.2 Å². The van der Waals surface area contributed by atoms with Gasteiger partial charge in [0.15, 0.2) is 5.11 Å². The lowest BCUT2D eigenvalue weighted by Crippen LogP contribution is -2.53. The zero-order valence-electron chi connectivity index (χ0n) is 14.5. The van der Waals surface area contributed by atoms with E-state index in [1.54, 1.807) is 12.2 Å². The molecule has 0 spiro atoms. The fourth-order valence-electron chi connectivity index (χ4n) is 3.14. The van der Waals surface area contributed by atoms with Crippen LogP contribution in [0.1, 0.15) is 11.3 Å². The lowest BCUT2D eigenvalue weighted by molar-refractivity contribution is -0.128. The highest BCUT2D eigenvalue weighted by molar-refractivity contribution is 7.80. The summed E-state index contributed by atoms with van der Waals surface area (Å²) in [5.41, 5.74) is 2.89. The Bertz CT molecular complexity index is 984. The molecule has 0 saturated carbocycles. The monoisotopic (exact) mass is 365 g/mol. The Balaban J connectivity index is 2.17. The number of amides is 2. The van der Waals surface area contributed by atoms with Gasteiger partial charge in [0.1, 0.15) is 5.57 Å². The zero-order valence-corrected chi connectivity index (χ0v) is 15.3. The van der Waals surface area contributed by atoms with Gasteiger partial charge < -0.3 is 4.57 Å². The van der Waals surface area contributed by atoms with Gasteiger partial charge in [-0.05, 0) is 31.3 Å². The predicted molar refractivity (Wildman–Crippen MR) is 107 cm³/mol. The first kappa shape index (κ1) is 17.8. The summed E-state index contributed by atoms with van der Waals surface area (Å²) in [6.07, 6.45) is 5.03. The minimum atomic E-state index is -0.486. The van der Waals surface area contributed by atoms with Gasteiger partial charge in [0.05, 0.1) is 0 Å². The van der Waals surface area contributed by atoms with E-state index in [-0.39, 0.29) is 17.2 Å². The van der Waals surface area contributed by atoms with Gasteiger partial charge in [0.2, 0.25) is 0 Å². The van der Waals surface area contributed by atoms with E-state index >= 15 is 0 Å². The van der Waals surface area contributed by atoms with Crippen LogP contribution in [0.25, 0.3) is 17.0 Å². The van der Waals surface area contributed by atoms with Crippen molar-refractivity contribution in [2.45, 2.75) is 13.5 Å². The van der Waals surface area contributed by atoms with E-state index in [0.29, 0.717) is 6.54 Å². The summed E-state index contributed by atoms with van der Waals surface area (Å²) in [6, 6.07) is 7.88. The molecule has 0 radical (unpaired) electrons. The number of nitrogens with zero attached hydrogens (tertiary/aromatic N) is 2. The number of thiocarbonyl (C=S) groups is 1. The van der Waals surface area contributed by atoms with Crippen LogP contribution in [0.5, 0.6) is 0 Å². The molecule has 1 aromatic carbocycles. The topological polar surface area (TPSA) is 54.3 Å². The number of allylic oxidation sites excluding steroid dienone is 1. The number of carbonyl (C=O) groups excluding carboxylic acids is 2. The van der Waals surface area contributed by atoms with Crippen LogP contribution in [0, 0.1) is 6.92 Å². The number of fused-ring (bicyclic) bond motifs is 1. The molecule has 3 rings (SSSR count). The normalized spacial score (nSPS) is 16.3. The van der Waals surface area contributed by atoms with Crippen molar-refractivity contribution in [2.24, 2.45) is 0 Å². The van der Waals surface area contributed by atoms with Gasteiger partial charge in [-0.2, -0.15) is 0 Å². The first-order valence-corrected chi connectivity index (χ1v) is 8.59. The van der Waals surface area contributed by atoms with Crippen LogP contribution in [-0.2, 0) is 16.1 Å². The van der Waals surface area contributed by atoms with E-state index in [0.717, 1.165) is 22.2 Å². The maximum absolute atomic E-state index is 12.8. The van der Waals surface area contributed by atoms with Gasteiger partial charge in [-0.1, -0.05) is 30.4 Å². The molecule has 1 aromatic heterocycles. The molecule has 1 N–H and O–H groups in total. The Hall–Kier alpha value is -2.99. The van der Waals surface area contributed by atoms with Crippen molar-refractivity contribution in [3.63, 3.8) is 0 Å². The van der Waals surface area contributed by atoms with Gasteiger partial charge in [-0.3, -0.25) is 19.8 Å². The molecule has 1 aliphatic rings. The second-order valence-corrected chi connectivity index (χ2v) is 6.32. The van der Waals surface area contributed by atoms with Gasteiger partial charge in [0.25, 0.3) is 11.8 Å². The summed E-state index contributed by atoms with van der Waals surface area (Å²) in [5, 5.41) is 3.65. The molecule has 2 aromatic rings. The van der Waals surface area contributed by atoms with Crippen LogP contribution >= 0.6 is 12.2 Å². The number of nitrogens with one attached hydrogen (secondary N) is 1. The third kappa shape index (κ3) is 2.88. The minimum absolute atomic E-state index is 0.0602. The largest absolute Gasteiger partial charge is 0.340 e. The molecule has 2 heterocycles. The van der Waals surface area contributed by atoms with Crippen LogP contribution in [0.3, 0.4) is 0 Å². The number of aromatic nitrogens is 1. The maximum atomic E-state index is 12.8. The van der Waals surface area contributed by atoms with Crippen molar-refractivity contribution in [1.29, 1.82) is 0 Å². The summed E-state index contributed by atoms with van der Waals surface area (Å²) >= 11 is 5.09. The number of carbonyl (C=O) groups is 2. The zero-order chi connectivity index (χ0) is 18.8. The quantitative estimate of drug-likeness (QED) is 0.384. The van der Waals surface area contributed by atoms with Crippen LogP contribution in [-0.4, -0.2) is 32.9 Å². The third-order valence-electron chi connectivity index (χ3n) is 4.38. The fourth-order valence-corrected chi connectivity index (χ4v) is 3.39. The summed E-state index contributed by atoms with van der Waals surface area (Å²) in [6.45, 7) is 10.3. The molecular formula is C20H19N3O2S. The molecule has 0 unspecified atom stereocenters. The standard InChI is InChI=1S/C20H19N3O2S/c1-4-10-22-13(3)15(14-8-6-7-9-17(14)22)12-16-18(24)21-20(26)23(11-5-2)19(16)25/h4-9,12H,1-2,10-11H2,3H3,(H,21,24,26)/b16-12+. The van der Waals surface area contributed by atoms with E-state index in [9.17, 15) is 9.59 Å². The molecule has 26 heavy (non-hydrogen) atoms. The van der Waals surface area contributed by atoms with Crippen molar-refractivity contribution in [3.05, 3.63) is 66.4 Å². The molecule has 5 nitrogen and oxygen atoms in total. The Morgan fingerprint density at radius 1 is 1.15 bits per heavy atom. The van der Waals surface area contributed by atoms with Crippen LogP contribution in [0.4, 0.5) is 0 Å². The first-order valence-electron chi connectivity index (χ1n) is 8.18. The summed E-state index contributed by atoms with van der Waals surface area (Å²) in [4.78, 5) is 26.5. The molecule has 2 amide bonds. The molecule has 0 atom stereocenters. The van der Waals surface area contributed by atoms with Gasteiger partial charge in [-0.25, -0.2) is 0 Å². The van der Waals surface area contributed by atoms with E-state index in [1.807, 2.05) is 37.3 Å². The number of hydrogen-bond donors (Lipinski definition) is 1.